The lowest BCUT2D eigenvalue weighted by Crippen LogP contribution is -2.52. The monoisotopic (exact) mass is 443 g/mol. The highest BCUT2D eigenvalue weighted by Gasteiger charge is 2.40. The largest absolute Gasteiger partial charge is 0.440 e. The van der Waals surface area contributed by atoms with Crippen molar-refractivity contribution in [3.8, 4) is 0 Å². The smallest absolute Gasteiger partial charge is 0.265 e. The minimum Gasteiger partial charge on any atom is -0.440 e. The Kier molecular flexibility index (Phi) is 4.53. The van der Waals surface area contributed by atoms with E-state index >= 15 is 0 Å². The van der Waals surface area contributed by atoms with Gasteiger partial charge >= 0.3 is 0 Å². The molecule has 3 heterocycles. The van der Waals surface area contributed by atoms with Crippen LogP contribution in [0.3, 0.4) is 0 Å². The predicted octanol–water partition coefficient (Wildman–Crippen LogP) is 4.65. The summed E-state index contributed by atoms with van der Waals surface area (Å²) in [5.41, 5.74) is 3.76. The molecule has 7 heteroatoms. The molecule has 32 heavy (non-hydrogen) atoms. The normalized spacial score (nSPS) is 18.5. The lowest BCUT2D eigenvalue weighted by atomic mass is 9.75. The zero-order valence-electron chi connectivity index (χ0n) is 17.9. The molecule has 2 aliphatic rings. The van der Waals surface area contributed by atoms with Crippen LogP contribution in [-0.2, 0) is 15.0 Å². The minimum absolute atomic E-state index is 0.0196. The van der Waals surface area contributed by atoms with E-state index in [1.54, 1.807) is 0 Å². The molecular weight excluding hydrogens is 422 g/mol. The molecule has 0 aliphatic carbocycles. The molecular formula is C25H21N3O3S. The number of para-hydroxylation sites is 2. The van der Waals surface area contributed by atoms with Crippen molar-refractivity contribution >= 4 is 52.5 Å². The number of amides is 2. The Hall–Kier alpha value is -3.71. The number of fused-ring (bicyclic) bond motifs is 2. The third-order valence-corrected chi connectivity index (χ3v) is 6.41. The summed E-state index contributed by atoms with van der Waals surface area (Å²) in [6.07, 6.45) is 1.48. The maximum absolute atomic E-state index is 12.6. The van der Waals surface area contributed by atoms with Crippen molar-refractivity contribution in [3.05, 3.63) is 83.1 Å². The van der Waals surface area contributed by atoms with Crippen LogP contribution in [0.2, 0.25) is 0 Å². The molecule has 3 aromatic rings. The van der Waals surface area contributed by atoms with Crippen LogP contribution in [0.25, 0.3) is 6.08 Å². The van der Waals surface area contributed by atoms with Crippen LogP contribution in [-0.4, -0.2) is 28.9 Å². The average molecular weight is 444 g/mol. The van der Waals surface area contributed by atoms with Crippen molar-refractivity contribution in [1.82, 2.24) is 10.2 Å². The van der Waals surface area contributed by atoms with Crippen molar-refractivity contribution in [2.75, 3.05) is 11.9 Å². The van der Waals surface area contributed by atoms with Crippen LogP contribution < -0.4 is 10.2 Å². The van der Waals surface area contributed by atoms with E-state index in [0.717, 1.165) is 22.5 Å². The number of hydrogen-bond acceptors (Lipinski definition) is 5. The second-order valence-electron chi connectivity index (χ2n) is 8.36. The maximum Gasteiger partial charge on any atom is 0.265 e. The van der Waals surface area contributed by atoms with Gasteiger partial charge in [-0.1, -0.05) is 50.2 Å². The van der Waals surface area contributed by atoms with E-state index in [9.17, 15) is 9.59 Å². The van der Waals surface area contributed by atoms with E-state index in [-0.39, 0.29) is 16.1 Å². The molecule has 2 amide bonds. The van der Waals surface area contributed by atoms with Gasteiger partial charge < -0.3 is 4.42 Å². The zero-order chi connectivity index (χ0) is 22.6. The van der Waals surface area contributed by atoms with E-state index in [0.29, 0.717) is 11.6 Å². The van der Waals surface area contributed by atoms with Gasteiger partial charge in [-0.25, -0.2) is 0 Å². The molecule has 1 N–H and O–H groups in total. The van der Waals surface area contributed by atoms with Crippen molar-refractivity contribution in [2.24, 2.45) is 0 Å². The molecule has 0 spiro atoms. The summed E-state index contributed by atoms with van der Waals surface area (Å²) >= 11 is 5.03. The van der Waals surface area contributed by atoms with Crippen molar-refractivity contribution < 1.29 is 14.0 Å². The second-order valence-corrected chi connectivity index (χ2v) is 8.75. The number of carbonyl (C=O) groups is 2. The molecule has 1 saturated heterocycles. The Morgan fingerprint density at radius 1 is 1.00 bits per heavy atom. The Labute approximate surface area is 191 Å². The van der Waals surface area contributed by atoms with Gasteiger partial charge in [-0.2, -0.15) is 0 Å². The summed E-state index contributed by atoms with van der Waals surface area (Å²) in [6.45, 7) is 4.29. The van der Waals surface area contributed by atoms with Crippen molar-refractivity contribution in [1.29, 1.82) is 0 Å². The summed E-state index contributed by atoms with van der Waals surface area (Å²) in [4.78, 5) is 28.4. The summed E-state index contributed by atoms with van der Waals surface area (Å²) in [5.74, 6) is 0.0985. The van der Waals surface area contributed by atoms with E-state index in [2.05, 4.69) is 36.2 Å². The Morgan fingerprint density at radius 3 is 2.44 bits per heavy atom. The Balaban J connectivity index is 1.69. The molecule has 5 rings (SSSR count). The number of benzene rings is 2. The van der Waals surface area contributed by atoms with Gasteiger partial charge in [0.1, 0.15) is 11.3 Å². The lowest BCUT2D eigenvalue weighted by molar-refractivity contribution is -0.128. The Bertz CT molecular complexity index is 1310. The summed E-state index contributed by atoms with van der Waals surface area (Å²) in [5, 5.41) is 2.62. The van der Waals surface area contributed by atoms with Crippen LogP contribution in [0.4, 0.5) is 17.3 Å². The standard InChI is InChI=1S/C25H21N3O3S/c1-25(2)18-11-7-8-12-20(18)28(15-9-5-4-6-10-15)23-19(25)14-16(31-23)13-17-21(29)26-24(32)27(3)22(17)30/h4-14H,1-3H3,(H,26,29,32)/b17-13+. The van der Waals surface area contributed by atoms with Crippen LogP contribution in [0.5, 0.6) is 0 Å². The molecule has 1 fully saturated rings. The molecule has 0 saturated carbocycles. The first-order valence-electron chi connectivity index (χ1n) is 10.2. The second kappa shape index (κ2) is 7.17. The number of furan rings is 1. The van der Waals surface area contributed by atoms with Crippen LogP contribution in [0.1, 0.15) is 30.7 Å². The number of nitrogens with one attached hydrogen (secondary N) is 1. The lowest BCUT2D eigenvalue weighted by Gasteiger charge is -2.38. The number of carbonyl (C=O) groups excluding carboxylic acids is 2. The maximum atomic E-state index is 12.6. The molecule has 0 bridgehead atoms. The highest BCUT2D eigenvalue weighted by Crippen LogP contribution is 2.52. The number of likely N-dealkylation sites (N-methyl/N-ethyl adjacent to an activating group) is 1. The molecule has 160 valence electrons. The number of rotatable bonds is 2. The fraction of sp³-hybridized carbons (Fsp3) is 0.160. The van der Waals surface area contributed by atoms with E-state index in [1.165, 1.54) is 18.0 Å². The first kappa shape index (κ1) is 20.2. The fourth-order valence-electron chi connectivity index (χ4n) is 4.26. The summed E-state index contributed by atoms with van der Waals surface area (Å²) < 4.78 is 6.29. The van der Waals surface area contributed by atoms with Gasteiger partial charge in [0.15, 0.2) is 5.11 Å². The number of hydrogen-bond donors (Lipinski definition) is 1. The van der Waals surface area contributed by atoms with Gasteiger partial charge in [0.2, 0.25) is 5.88 Å². The van der Waals surface area contributed by atoms with Gasteiger partial charge in [-0.15, -0.1) is 0 Å². The minimum atomic E-state index is -0.532. The van der Waals surface area contributed by atoms with E-state index < -0.39 is 11.8 Å². The van der Waals surface area contributed by atoms with E-state index in [4.69, 9.17) is 16.6 Å². The number of anilines is 3. The third kappa shape index (κ3) is 2.97. The first-order chi connectivity index (χ1) is 15.3. The molecule has 1 aromatic heterocycles. The zero-order valence-corrected chi connectivity index (χ0v) is 18.7. The average Bonchev–Trinajstić information content (AvgIpc) is 3.21. The quantitative estimate of drug-likeness (QED) is 0.355. The Morgan fingerprint density at radius 2 is 1.69 bits per heavy atom. The van der Waals surface area contributed by atoms with Crippen LogP contribution in [0.15, 0.2) is 70.7 Å². The van der Waals surface area contributed by atoms with E-state index in [1.807, 2.05) is 48.5 Å². The fourth-order valence-corrected chi connectivity index (χ4v) is 4.43. The molecule has 6 nitrogen and oxygen atoms in total. The molecule has 0 radical (unpaired) electrons. The van der Waals surface area contributed by atoms with Gasteiger partial charge in [0, 0.05) is 23.7 Å². The molecule has 0 atom stereocenters. The number of thiocarbonyl (C=S) groups is 1. The van der Waals surface area contributed by atoms with Gasteiger partial charge in [-0.05, 0) is 48.1 Å². The van der Waals surface area contributed by atoms with Crippen molar-refractivity contribution in [3.63, 3.8) is 0 Å². The van der Waals surface area contributed by atoms with Crippen LogP contribution in [0, 0.1) is 0 Å². The predicted molar refractivity (Wildman–Crippen MR) is 127 cm³/mol. The SMILES string of the molecule is CN1C(=O)/C(=C/c2cc3c(o2)N(c2ccccc2)c2ccccc2C3(C)C)C(=O)NC1=S. The highest BCUT2D eigenvalue weighted by molar-refractivity contribution is 7.80. The number of nitrogens with zero attached hydrogens (tertiary/aromatic N) is 2. The van der Waals surface area contributed by atoms with Crippen LogP contribution >= 0.6 is 12.2 Å². The van der Waals surface area contributed by atoms with Gasteiger partial charge in [-0.3, -0.25) is 24.7 Å². The first-order valence-corrected chi connectivity index (χ1v) is 10.6. The molecule has 0 unspecified atom stereocenters. The summed E-state index contributed by atoms with van der Waals surface area (Å²) in [7, 11) is 1.53. The summed E-state index contributed by atoms with van der Waals surface area (Å²) in [6, 6.07) is 20.1. The molecule has 2 aromatic carbocycles. The van der Waals surface area contributed by atoms with Gasteiger partial charge in [0.25, 0.3) is 11.8 Å². The third-order valence-electron chi connectivity index (χ3n) is 6.03. The molecule has 2 aliphatic heterocycles. The topological polar surface area (TPSA) is 65.8 Å². The highest BCUT2D eigenvalue weighted by atomic mass is 32.1. The van der Waals surface area contributed by atoms with Gasteiger partial charge in [0.05, 0.1) is 5.69 Å². The van der Waals surface area contributed by atoms with Crippen molar-refractivity contribution in [2.45, 2.75) is 19.3 Å².